The first kappa shape index (κ1) is 22.3. The second-order valence-electron chi connectivity index (χ2n) is 7.43. The van der Waals surface area contributed by atoms with E-state index in [2.05, 4.69) is 10.6 Å². The number of anilines is 2. The number of thiophene rings is 1. The van der Waals surface area contributed by atoms with Gasteiger partial charge in [0.1, 0.15) is 5.00 Å². The Labute approximate surface area is 193 Å². The predicted molar refractivity (Wildman–Crippen MR) is 122 cm³/mol. The molecular weight excluding hydrogens is 452 g/mol. The van der Waals surface area contributed by atoms with Crippen molar-refractivity contribution in [2.75, 3.05) is 30.1 Å². The van der Waals surface area contributed by atoms with Gasteiger partial charge < -0.3 is 20.1 Å². The zero-order valence-electron chi connectivity index (χ0n) is 17.4. The van der Waals surface area contributed by atoms with Crippen LogP contribution in [0.1, 0.15) is 50.4 Å². The number of fused-ring (bicyclic) bond motifs is 2. The average Bonchev–Trinajstić information content (AvgIpc) is 2.96. The number of esters is 2. The molecule has 0 saturated carbocycles. The van der Waals surface area contributed by atoms with Crippen LogP contribution in [-0.2, 0) is 31.9 Å². The minimum absolute atomic E-state index is 0.136. The quantitative estimate of drug-likeness (QED) is 0.503. The van der Waals surface area contributed by atoms with Crippen LogP contribution in [0.5, 0.6) is 0 Å². The fraction of sp³-hybridized carbons (Fsp3) is 0.364. The van der Waals surface area contributed by atoms with Gasteiger partial charge in [-0.3, -0.25) is 9.59 Å². The third-order valence-corrected chi connectivity index (χ3v) is 7.53. The average molecular weight is 475 g/mol. The van der Waals surface area contributed by atoms with Crippen molar-refractivity contribution < 1.29 is 28.7 Å². The van der Waals surface area contributed by atoms with Gasteiger partial charge in [-0.25, -0.2) is 9.59 Å². The first-order valence-electron chi connectivity index (χ1n) is 10.2. The second-order valence-corrected chi connectivity index (χ2v) is 9.55. The molecule has 2 N–H and O–H groups in total. The fourth-order valence-electron chi connectivity index (χ4n) is 3.74. The standard InChI is InChI=1S/C22H22N2O6S2/c1-29-22(28)19-13-5-3-2-4-6-15(13)32-20(19)24-17(25)10-30-21(27)12-7-8-16-14(9-12)23-18(26)11-31-16/h7-9H,2-6,10-11H2,1H3,(H,23,26)(H,24,25). The first-order valence-corrected chi connectivity index (χ1v) is 12.0. The molecule has 1 aliphatic heterocycles. The highest BCUT2D eigenvalue weighted by Gasteiger charge is 2.26. The number of ether oxygens (including phenoxy) is 2. The topological polar surface area (TPSA) is 111 Å². The number of hydrogen-bond acceptors (Lipinski definition) is 8. The number of amides is 2. The lowest BCUT2D eigenvalue weighted by molar-refractivity contribution is -0.119. The summed E-state index contributed by atoms with van der Waals surface area (Å²) in [5.74, 6) is -1.50. The number of aryl methyl sites for hydroxylation is 1. The van der Waals surface area contributed by atoms with Crippen molar-refractivity contribution in [1.29, 1.82) is 0 Å². The molecule has 0 unspecified atom stereocenters. The van der Waals surface area contributed by atoms with Crippen molar-refractivity contribution in [3.63, 3.8) is 0 Å². The van der Waals surface area contributed by atoms with Crippen LogP contribution in [0.25, 0.3) is 0 Å². The zero-order valence-corrected chi connectivity index (χ0v) is 19.1. The molecule has 0 atom stereocenters. The van der Waals surface area contributed by atoms with Crippen molar-refractivity contribution in [2.24, 2.45) is 0 Å². The van der Waals surface area contributed by atoms with Crippen molar-refractivity contribution in [3.8, 4) is 0 Å². The van der Waals surface area contributed by atoms with Gasteiger partial charge in [0.05, 0.1) is 29.7 Å². The Balaban J connectivity index is 1.42. The lowest BCUT2D eigenvalue weighted by Crippen LogP contribution is -2.22. The predicted octanol–water partition coefficient (Wildman–Crippen LogP) is 3.64. The van der Waals surface area contributed by atoms with E-state index in [1.807, 2.05) is 0 Å². The summed E-state index contributed by atoms with van der Waals surface area (Å²) < 4.78 is 10.1. The van der Waals surface area contributed by atoms with E-state index < -0.39 is 24.5 Å². The molecule has 4 rings (SSSR count). The van der Waals surface area contributed by atoms with Crippen LogP contribution < -0.4 is 10.6 Å². The van der Waals surface area contributed by atoms with Gasteiger partial charge in [-0.05, 0) is 49.4 Å². The Morgan fingerprint density at radius 3 is 2.75 bits per heavy atom. The van der Waals surface area contributed by atoms with Gasteiger partial charge in [0.2, 0.25) is 5.91 Å². The molecule has 168 valence electrons. The van der Waals surface area contributed by atoms with E-state index in [-0.39, 0.29) is 11.5 Å². The molecule has 2 amide bonds. The summed E-state index contributed by atoms with van der Waals surface area (Å²) in [4.78, 5) is 50.7. The molecule has 2 heterocycles. The molecule has 1 aromatic carbocycles. The minimum atomic E-state index is -0.678. The molecule has 0 radical (unpaired) electrons. The van der Waals surface area contributed by atoms with Crippen LogP contribution in [0.4, 0.5) is 10.7 Å². The number of benzene rings is 1. The van der Waals surface area contributed by atoms with Crippen LogP contribution in [-0.4, -0.2) is 43.2 Å². The van der Waals surface area contributed by atoms with Crippen molar-refractivity contribution >= 4 is 57.5 Å². The van der Waals surface area contributed by atoms with Gasteiger partial charge in [0.15, 0.2) is 6.61 Å². The summed E-state index contributed by atoms with van der Waals surface area (Å²) in [6.45, 7) is -0.500. The Bertz CT molecular complexity index is 1090. The number of thioether (sulfide) groups is 1. The smallest absolute Gasteiger partial charge is 0.341 e. The number of carbonyl (C=O) groups excluding carboxylic acids is 4. The molecule has 2 aromatic rings. The zero-order chi connectivity index (χ0) is 22.7. The van der Waals surface area contributed by atoms with Crippen LogP contribution in [0.15, 0.2) is 23.1 Å². The van der Waals surface area contributed by atoms with E-state index in [9.17, 15) is 19.2 Å². The second kappa shape index (κ2) is 9.74. The number of hydrogen-bond donors (Lipinski definition) is 2. The molecule has 0 spiro atoms. The van der Waals surface area contributed by atoms with Gasteiger partial charge in [0, 0.05) is 9.77 Å². The van der Waals surface area contributed by atoms with E-state index >= 15 is 0 Å². The van der Waals surface area contributed by atoms with Crippen LogP contribution in [0.2, 0.25) is 0 Å². The van der Waals surface area contributed by atoms with Crippen molar-refractivity contribution in [2.45, 2.75) is 37.0 Å². The van der Waals surface area contributed by atoms with Crippen molar-refractivity contribution in [1.82, 2.24) is 0 Å². The van der Waals surface area contributed by atoms with E-state index in [0.29, 0.717) is 22.0 Å². The molecule has 2 aliphatic rings. The van der Waals surface area contributed by atoms with E-state index in [4.69, 9.17) is 9.47 Å². The van der Waals surface area contributed by atoms with Gasteiger partial charge in [-0.1, -0.05) is 6.42 Å². The van der Waals surface area contributed by atoms with Crippen LogP contribution in [0.3, 0.4) is 0 Å². The number of nitrogens with one attached hydrogen (secondary N) is 2. The maximum atomic E-state index is 12.5. The summed E-state index contributed by atoms with van der Waals surface area (Å²) in [6, 6.07) is 4.86. The van der Waals surface area contributed by atoms with Gasteiger partial charge in [-0.15, -0.1) is 23.1 Å². The maximum absolute atomic E-state index is 12.5. The number of methoxy groups -OCH3 is 1. The van der Waals surface area contributed by atoms with Gasteiger partial charge in [-0.2, -0.15) is 0 Å². The Morgan fingerprint density at radius 1 is 1.12 bits per heavy atom. The highest BCUT2D eigenvalue weighted by molar-refractivity contribution is 8.00. The van der Waals surface area contributed by atoms with Crippen LogP contribution in [0, 0.1) is 0 Å². The monoisotopic (exact) mass is 474 g/mol. The first-order chi connectivity index (χ1) is 15.5. The molecule has 1 aliphatic carbocycles. The fourth-order valence-corrected chi connectivity index (χ4v) is 5.82. The summed E-state index contributed by atoms with van der Waals surface area (Å²) in [6.07, 6.45) is 4.76. The molecular formula is C22H22N2O6S2. The normalized spacial score (nSPS) is 15.0. The summed E-state index contributed by atoms with van der Waals surface area (Å²) in [7, 11) is 1.32. The van der Waals surface area contributed by atoms with E-state index in [0.717, 1.165) is 47.4 Å². The molecule has 0 bridgehead atoms. The number of carbonyl (C=O) groups is 4. The summed E-state index contributed by atoms with van der Waals surface area (Å²) in [5.41, 5.74) is 2.13. The van der Waals surface area contributed by atoms with E-state index in [1.54, 1.807) is 12.1 Å². The van der Waals surface area contributed by atoms with Gasteiger partial charge >= 0.3 is 11.9 Å². The largest absolute Gasteiger partial charge is 0.465 e. The molecule has 1 aromatic heterocycles. The maximum Gasteiger partial charge on any atom is 0.341 e. The van der Waals surface area contributed by atoms with Gasteiger partial charge in [0.25, 0.3) is 5.91 Å². The SMILES string of the molecule is COC(=O)c1c(NC(=O)COC(=O)c2ccc3c(c2)NC(=O)CS3)sc2c1CCCCC2. The Kier molecular flexibility index (Phi) is 6.80. The van der Waals surface area contributed by atoms with E-state index in [1.165, 1.54) is 36.3 Å². The molecule has 10 heteroatoms. The highest BCUT2D eigenvalue weighted by Crippen LogP contribution is 2.38. The molecule has 8 nitrogen and oxygen atoms in total. The Morgan fingerprint density at radius 2 is 1.94 bits per heavy atom. The molecule has 0 saturated heterocycles. The minimum Gasteiger partial charge on any atom is -0.465 e. The lowest BCUT2D eigenvalue weighted by atomic mass is 10.1. The lowest BCUT2D eigenvalue weighted by Gasteiger charge is -2.16. The summed E-state index contributed by atoms with van der Waals surface area (Å²) in [5, 5.41) is 5.85. The Hall–Kier alpha value is -2.85. The number of rotatable bonds is 5. The highest BCUT2D eigenvalue weighted by atomic mass is 32.2. The molecule has 32 heavy (non-hydrogen) atoms. The summed E-state index contributed by atoms with van der Waals surface area (Å²) >= 11 is 2.77. The van der Waals surface area contributed by atoms with Crippen LogP contribution >= 0.6 is 23.1 Å². The van der Waals surface area contributed by atoms with Crippen molar-refractivity contribution in [3.05, 3.63) is 39.8 Å². The third kappa shape index (κ3) is 4.81. The molecule has 0 fully saturated rings. The third-order valence-electron chi connectivity index (χ3n) is 5.25.